The Morgan fingerprint density at radius 2 is 1.91 bits per heavy atom. The largest absolute Gasteiger partial charge is 0.491 e. The predicted octanol–water partition coefficient (Wildman–Crippen LogP) is 2.32. The molecule has 3 heterocycles. The van der Waals surface area contributed by atoms with Crippen molar-refractivity contribution in [3.63, 3.8) is 0 Å². The maximum absolute atomic E-state index is 13.3. The average Bonchev–Trinajstić information content (AvgIpc) is 2.98. The van der Waals surface area contributed by atoms with E-state index in [1.54, 1.807) is 11.1 Å². The number of carbonyl (C=O) groups is 1. The summed E-state index contributed by atoms with van der Waals surface area (Å²) in [4.78, 5) is 17.3. The van der Waals surface area contributed by atoms with Gasteiger partial charge in [-0.3, -0.25) is 9.69 Å². The van der Waals surface area contributed by atoms with Gasteiger partial charge >= 0.3 is 0 Å². The van der Waals surface area contributed by atoms with Crippen LogP contribution in [0.15, 0.2) is 60.8 Å². The number of β-amino-alcohol motifs (C(OH)–C–C–N with tert-alkyl or cyclic N) is 1. The lowest BCUT2D eigenvalue weighted by Crippen LogP contribution is -2.44. The van der Waals surface area contributed by atoms with Crippen LogP contribution in [-0.4, -0.2) is 69.9 Å². The number of rotatable bonds is 6. The second-order valence-electron chi connectivity index (χ2n) is 8.73. The molecule has 1 amide bonds. The van der Waals surface area contributed by atoms with Gasteiger partial charge in [0.1, 0.15) is 12.4 Å². The molecule has 1 atom stereocenters. The molecule has 0 fully saturated rings. The van der Waals surface area contributed by atoms with Gasteiger partial charge in [-0.25, -0.2) is 0 Å². The van der Waals surface area contributed by atoms with E-state index < -0.39 is 6.10 Å². The summed E-state index contributed by atoms with van der Waals surface area (Å²) in [5.41, 5.74) is 5.06. The van der Waals surface area contributed by atoms with E-state index in [2.05, 4.69) is 39.4 Å². The molecule has 33 heavy (non-hydrogen) atoms. The zero-order valence-corrected chi connectivity index (χ0v) is 18.6. The third kappa shape index (κ3) is 5.05. The number of benzene rings is 2. The van der Waals surface area contributed by atoms with E-state index in [0.29, 0.717) is 37.4 Å². The van der Waals surface area contributed by atoms with Crippen LogP contribution >= 0.6 is 0 Å². The van der Waals surface area contributed by atoms with Crippen LogP contribution in [0.4, 0.5) is 0 Å². The van der Waals surface area contributed by atoms with Gasteiger partial charge < -0.3 is 14.7 Å². The van der Waals surface area contributed by atoms with Crippen molar-refractivity contribution < 1.29 is 14.6 Å². The highest BCUT2D eigenvalue weighted by Gasteiger charge is 2.27. The quantitative estimate of drug-likeness (QED) is 0.629. The van der Waals surface area contributed by atoms with Gasteiger partial charge in [-0.1, -0.05) is 30.3 Å². The first-order chi connectivity index (χ1) is 16.2. The van der Waals surface area contributed by atoms with E-state index in [4.69, 9.17) is 4.74 Å². The fourth-order valence-electron chi connectivity index (χ4n) is 4.65. The van der Waals surface area contributed by atoms with Crippen molar-refractivity contribution in [2.45, 2.75) is 25.5 Å². The first-order valence-electron chi connectivity index (χ1n) is 11.4. The zero-order valence-electron chi connectivity index (χ0n) is 18.6. The molecule has 1 N–H and O–H groups in total. The molecule has 0 aliphatic carbocycles. The van der Waals surface area contributed by atoms with Crippen LogP contribution in [0.1, 0.15) is 32.7 Å². The molecule has 0 unspecified atom stereocenters. The standard InChI is InChI=1S/C26H28N4O3/c31-23(17-29-11-9-20-4-1-2-5-21(20)16-29)18-30-12-13-33-25-8-7-19(15-24(25)26(30)32)14-22-6-3-10-27-28-22/h1-8,10,15,23,31H,9,11-14,16-18H2/t23-/m1/s1. The van der Waals surface area contributed by atoms with Gasteiger partial charge in [0.25, 0.3) is 5.91 Å². The van der Waals surface area contributed by atoms with E-state index in [1.165, 1.54) is 11.1 Å². The smallest absolute Gasteiger partial charge is 0.257 e. The lowest BCUT2D eigenvalue weighted by Gasteiger charge is -2.32. The molecule has 2 aromatic carbocycles. The van der Waals surface area contributed by atoms with Crippen molar-refractivity contribution in [1.29, 1.82) is 0 Å². The predicted molar refractivity (Wildman–Crippen MR) is 124 cm³/mol. The molecule has 7 nitrogen and oxygen atoms in total. The van der Waals surface area contributed by atoms with E-state index in [1.807, 2.05) is 30.3 Å². The molecule has 5 rings (SSSR count). The minimum absolute atomic E-state index is 0.105. The summed E-state index contributed by atoms with van der Waals surface area (Å²) >= 11 is 0. The number of nitrogens with zero attached hydrogens (tertiary/aromatic N) is 4. The van der Waals surface area contributed by atoms with Gasteiger partial charge in [0.05, 0.1) is 23.9 Å². The summed E-state index contributed by atoms with van der Waals surface area (Å²) in [5.74, 6) is 0.485. The minimum Gasteiger partial charge on any atom is -0.491 e. The summed E-state index contributed by atoms with van der Waals surface area (Å²) in [7, 11) is 0. The molecular formula is C26H28N4O3. The number of carbonyl (C=O) groups excluding carboxylic acids is 1. The molecule has 2 aliphatic heterocycles. The normalized spacial score (nSPS) is 17.0. The Morgan fingerprint density at radius 3 is 2.76 bits per heavy atom. The SMILES string of the molecule is O=C1c2cc(Cc3cccnn3)ccc2OCCN1C[C@H](O)CN1CCc2ccccc2C1. The summed E-state index contributed by atoms with van der Waals surface area (Å²) in [6, 6.07) is 17.9. The topological polar surface area (TPSA) is 78.8 Å². The number of hydrogen-bond donors (Lipinski definition) is 1. The Hall–Kier alpha value is -3.29. The Bertz CT molecular complexity index is 1120. The summed E-state index contributed by atoms with van der Waals surface area (Å²) in [6.45, 7) is 3.43. The van der Waals surface area contributed by atoms with Crippen LogP contribution in [0, 0.1) is 0 Å². The second kappa shape index (κ2) is 9.68. The fraction of sp³-hybridized carbons (Fsp3) is 0.346. The molecule has 1 aromatic heterocycles. The van der Waals surface area contributed by atoms with Crippen molar-refractivity contribution in [1.82, 2.24) is 20.0 Å². The van der Waals surface area contributed by atoms with Crippen molar-refractivity contribution >= 4 is 5.91 Å². The number of ether oxygens (including phenoxy) is 1. The Morgan fingerprint density at radius 1 is 1.03 bits per heavy atom. The first kappa shape index (κ1) is 21.6. The molecule has 7 heteroatoms. The molecule has 0 radical (unpaired) electrons. The molecule has 0 spiro atoms. The second-order valence-corrected chi connectivity index (χ2v) is 8.73. The third-order valence-corrected chi connectivity index (χ3v) is 6.30. The molecule has 170 valence electrons. The molecule has 0 saturated heterocycles. The highest BCUT2D eigenvalue weighted by molar-refractivity contribution is 5.97. The number of aromatic nitrogens is 2. The van der Waals surface area contributed by atoms with Crippen LogP contribution in [0.25, 0.3) is 0 Å². The van der Waals surface area contributed by atoms with Crippen LogP contribution in [-0.2, 0) is 19.4 Å². The van der Waals surface area contributed by atoms with Gasteiger partial charge in [0, 0.05) is 38.8 Å². The summed E-state index contributed by atoms with van der Waals surface area (Å²) in [6.07, 6.45) is 2.60. The van der Waals surface area contributed by atoms with Crippen molar-refractivity contribution in [2.24, 2.45) is 0 Å². The summed E-state index contributed by atoms with van der Waals surface area (Å²) in [5, 5.41) is 18.9. The maximum Gasteiger partial charge on any atom is 0.257 e. The third-order valence-electron chi connectivity index (χ3n) is 6.30. The lowest BCUT2D eigenvalue weighted by molar-refractivity contribution is 0.0501. The summed E-state index contributed by atoms with van der Waals surface area (Å²) < 4.78 is 5.84. The van der Waals surface area contributed by atoms with Crippen molar-refractivity contribution in [3.05, 3.63) is 88.7 Å². The van der Waals surface area contributed by atoms with E-state index in [-0.39, 0.29) is 12.5 Å². The Kier molecular flexibility index (Phi) is 6.32. The number of amides is 1. The maximum atomic E-state index is 13.3. The van der Waals surface area contributed by atoms with Gasteiger partial charge in [0.15, 0.2) is 0 Å². The number of fused-ring (bicyclic) bond motifs is 2. The Balaban J connectivity index is 1.24. The van der Waals surface area contributed by atoms with E-state index in [9.17, 15) is 9.90 Å². The highest BCUT2D eigenvalue weighted by Crippen LogP contribution is 2.26. The fourth-order valence-corrected chi connectivity index (χ4v) is 4.65. The van der Waals surface area contributed by atoms with E-state index in [0.717, 1.165) is 30.8 Å². The van der Waals surface area contributed by atoms with Crippen LogP contribution in [0.5, 0.6) is 5.75 Å². The van der Waals surface area contributed by atoms with Crippen LogP contribution < -0.4 is 4.74 Å². The van der Waals surface area contributed by atoms with Gasteiger partial charge in [-0.05, 0) is 47.4 Å². The van der Waals surface area contributed by atoms with Crippen LogP contribution in [0.2, 0.25) is 0 Å². The zero-order chi connectivity index (χ0) is 22.6. The van der Waals surface area contributed by atoms with Gasteiger partial charge in [-0.15, -0.1) is 0 Å². The van der Waals surface area contributed by atoms with Crippen molar-refractivity contribution in [2.75, 3.05) is 32.8 Å². The monoisotopic (exact) mass is 444 g/mol. The Labute approximate surface area is 193 Å². The van der Waals surface area contributed by atoms with Crippen LogP contribution in [0.3, 0.4) is 0 Å². The lowest BCUT2D eigenvalue weighted by atomic mass is 10.00. The molecule has 0 saturated carbocycles. The first-order valence-corrected chi connectivity index (χ1v) is 11.4. The molecule has 2 aliphatic rings. The molecule has 0 bridgehead atoms. The van der Waals surface area contributed by atoms with Gasteiger partial charge in [0.2, 0.25) is 0 Å². The number of aliphatic hydroxyl groups is 1. The minimum atomic E-state index is -0.622. The molecule has 3 aromatic rings. The number of aliphatic hydroxyl groups excluding tert-OH is 1. The van der Waals surface area contributed by atoms with Crippen molar-refractivity contribution in [3.8, 4) is 5.75 Å². The average molecular weight is 445 g/mol. The molecular weight excluding hydrogens is 416 g/mol. The number of hydrogen-bond acceptors (Lipinski definition) is 6. The van der Waals surface area contributed by atoms with E-state index >= 15 is 0 Å². The van der Waals surface area contributed by atoms with Gasteiger partial charge in [-0.2, -0.15) is 10.2 Å². The highest BCUT2D eigenvalue weighted by atomic mass is 16.5.